The molecule has 1 aromatic rings. The van der Waals surface area contributed by atoms with Crippen molar-refractivity contribution >= 4 is 35.4 Å². The normalized spacial score (nSPS) is 26.3. The summed E-state index contributed by atoms with van der Waals surface area (Å²) >= 11 is 0. The van der Waals surface area contributed by atoms with E-state index in [4.69, 9.17) is 4.74 Å². The molecule has 0 bridgehead atoms. The molecular weight excluding hydrogens is 596 g/mol. The van der Waals surface area contributed by atoms with Crippen molar-refractivity contribution in [2.24, 2.45) is 0 Å². The van der Waals surface area contributed by atoms with Crippen LogP contribution in [-0.2, 0) is 39.9 Å². The van der Waals surface area contributed by atoms with Gasteiger partial charge in [0, 0.05) is 33.0 Å². The molecule has 2 aliphatic heterocycles. The lowest BCUT2D eigenvalue weighted by Crippen LogP contribution is -2.61. The Balaban J connectivity index is 1.91. The van der Waals surface area contributed by atoms with Crippen LogP contribution in [0.1, 0.15) is 64.4 Å². The fourth-order valence-electron chi connectivity index (χ4n) is 5.63. The first-order chi connectivity index (χ1) is 22.0. The quantitative estimate of drug-likeness (QED) is 0.213. The average Bonchev–Trinajstić information content (AvgIpc) is 3.53. The number of benzene rings is 1. The summed E-state index contributed by atoms with van der Waals surface area (Å²) in [5.41, 5.74) is 0.773. The smallest absolute Gasteiger partial charge is 0.246 e. The average molecular weight is 645 g/mol. The lowest BCUT2D eigenvalue weighted by molar-refractivity contribution is -0.142. The summed E-state index contributed by atoms with van der Waals surface area (Å²) in [6.07, 6.45) is 1.27. The van der Waals surface area contributed by atoms with Crippen molar-refractivity contribution in [1.82, 2.24) is 31.5 Å². The standard InChI is InChI=1S/C32H48N6O8/c1-4-22-28(41)37-27(20(2)39)31(44)36-24(19-21-11-6-5-7-12-21)32(45)38-17-10-14-25(38)30(43)33-16-9-8-13-23(29(42)35-22)34-26(40)15-18-46-3/h5-7,11-12,20,22-25,27,39H,4,8-10,13-19H2,1-3H3,(H,33,43)(H,34,40)(H,35,42)(H,36,44)(H,37,41)/t20-,22+,23+,24-,25+,27+/m1/s1. The summed E-state index contributed by atoms with van der Waals surface area (Å²) < 4.78 is 4.95. The summed E-state index contributed by atoms with van der Waals surface area (Å²) in [7, 11) is 1.46. The molecule has 0 radical (unpaired) electrons. The van der Waals surface area contributed by atoms with Crippen LogP contribution >= 0.6 is 0 Å². The summed E-state index contributed by atoms with van der Waals surface area (Å²) in [5.74, 6) is -3.22. The van der Waals surface area contributed by atoms with E-state index in [2.05, 4.69) is 26.6 Å². The first-order valence-corrected chi connectivity index (χ1v) is 16.0. The maximum atomic E-state index is 13.9. The van der Waals surface area contributed by atoms with Gasteiger partial charge < -0.3 is 41.3 Å². The minimum Gasteiger partial charge on any atom is -0.391 e. The van der Waals surface area contributed by atoms with Crippen molar-refractivity contribution in [1.29, 1.82) is 0 Å². The molecule has 6 amide bonds. The van der Waals surface area contributed by atoms with Gasteiger partial charge in [0.2, 0.25) is 35.4 Å². The van der Waals surface area contributed by atoms with Crippen molar-refractivity contribution in [3.8, 4) is 0 Å². The second-order valence-corrected chi connectivity index (χ2v) is 11.8. The van der Waals surface area contributed by atoms with Crippen molar-refractivity contribution in [3.05, 3.63) is 35.9 Å². The van der Waals surface area contributed by atoms with Crippen molar-refractivity contribution in [2.45, 2.75) is 102 Å². The molecule has 0 aromatic heterocycles. The Morgan fingerprint density at radius 2 is 1.67 bits per heavy atom. The number of fused-ring (bicyclic) bond motifs is 1. The number of carbonyl (C=O) groups is 6. The van der Waals surface area contributed by atoms with Crippen molar-refractivity contribution in [2.75, 3.05) is 26.8 Å². The molecule has 254 valence electrons. The van der Waals surface area contributed by atoms with Crippen molar-refractivity contribution in [3.63, 3.8) is 0 Å². The van der Waals surface area contributed by atoms with E-state index in [-0.39, 0.29) is 38.2 Å². The van der Waals surface area contributed by atoms with Gasteiger partial charge in [0.1, 0.15) is 30.2 Å². The molecule has 14 nitrogen and oxygen atoms in total. The highest BCUT2D eigenvalue weighted by atomic mass is 16.5. The molecule has 2 aliphatic rings. The first kappa shape index (κ1) is 36.4. The molecule has 2 saturated heterocycles. The van der Waals surface area contributed by atoms with E-state index >= 15 is 0 Å². The number of aliphatic hydroxyl groups excluding tert-OH is 1. The number of hydrogen-bond donors (Lipinski definition) is 6. The van der Waals surface area contributed by atoms with Gasteiger partial charge in [-0.25, -0.2) is 0 Å². The Bertz CT molecular complexity index is 1210. The van der Waals surface area contributed by atoms with E-state index < -0.39 is 65.8 Å². The fraction of sp³-hybridized carbons (Fsp3) is 0.625. The predicted octanol–water partition coefficient (Wildman–Crippen LogP) is -0.713. The van der Waals surface area contributed by atoms with Crippen LogP contribution < -0.4 is 26.6 Å². The summed E-state index contributed by atoms with van der Waals surface area (Å²) in [6, 6.07) is 3.81. The Morgan fingerprint density at radius 1 is 0.957 bits per heavy atom. The highest BCUT2D eigenvalue weighted by Gasteiger charge is 2.39. The maximum Gasteiger partial charge on any atom is 0.246 e. The van der Waals surface area contributed by atoms with Gasteiger partial charge in [-0.3, -0.25) is 28.8 Å². The second kappa shape index (κ2) is 18.2. The highest BCUT2D eigenvalue weighted by Crippen LogP contribution is 2.20. The van der Waals surface area contributed by atoms with E-state index in [9.17, 15) is 33.9 Å². The Labute approximate surface area is 269 Å². The molecule has 0 aliphatic carbocycles. The summed E-state index contributed by atoms with van der Waals surface area (Å²) in [6.45, 7) is 3.81. The zero-order chi connectivity index (χ0) is 33.6. The molecule has 0 saturated carbocycles. The van der Waals surface area contributed by atoms with Crippen LogP contribution in [0.4, 0.5) is 0 Å². The number of aliphatic hydroxyl groups is 1. The molecule has 0 unspecified atom stereocenters. The largest absolute Gasteiger partial charge is 0.391 e. The molecule has 3 rings (SSSR count). The lowest BCUT2D eigenvalue weighted by atomic mass is 10.0. The van der Waals surface area contributed by atoms with Gasteiger partial charge in [0.25, 0.3) is 0 Å². The molecule has 2 fully saturated rings. The third-order valence-electron chi connectivity index (χ3n) is 8.24. The Morgan fingerprint density at radius 3 is 2.35 bits per heavy atom. The molecule has 0 spiro atoms. The van der Waals surface area contributed by atoms with Gasteiger partial charge in [-0.05, 0) is 51.0 Å². The maximum absolute atomic E-state index is 13.9. The van der Waals surface area contributed by atoms with Gasteiger partial charge in [0.15, 0.2) is 0 Å². The van der Waals surface area contributed by atoms with Gasteiger partial charge in [0.05, 0.1) is 12.7 Å². The summed E-state index contributed by atoms with van der Waals surface area (Å²) in [5, 5.41) is 24.0. The molecule has 14 heteroatoms. The zero-order valence-corrected chi connectivity index (χ0v) is 26.9. The van der Waals surface area contributed by atoms with Gasteiger partial charge >= 0.3 is 0 Å². The number of amides is 6. The SMILES string of the molecule is CC[C@@H]1NC(=O)[C@@H](NC(=O)CCOC)CCCCNC(=O)[C@@H]2CCCN2C(=O)[C@@H](Cc2ccccc2)NC(=O)[C@H]([C@@H](C)O)NC1=O. The monoisotopic (exact) mass is 644 g/mol. The number of methoxy groups -OCH3 is 1. The Kier molecular flexibility index (Phi) is 14.4. The highest BCUT2D eigenvalue weighted by molar-refractivity contribution is 5.97. The molecular formula is C32H48N6O8. The number of ether oxygens (including phenoxy) is 1. The van der Waals surface area contributed by atoms with Crippen molar-refractivity contribution < 1.29 is 38.6 Å². The third-order valence-corrected chi connectivity index (χ3v) is 8.24. The van der Waals surface area contributed by atoms with Crippen LogP contribution in [0.5, 0.6) is 0 Å². The van der Waals surface area contributed by atoms with Crippen LogP contribution in [0.25, 0.3) is 0 Å². The number of rotatable bonds is 8. The van der Waals surface area contributed by atoms with E-state index in [1.54, 1.807) is 6.92 Å². The number of nitrogens with zero attached hydrogens (tertiary/aromatic N) is 1. The van der Waals surface area contributed by atoms with Crippen LogP contribution in [0.2, 0.25) is 0 Å². The van der Waals surface area contributed by atoms with E-state index in [0.29, 0.717) is 38.8 Å². The molecule has 2 heterocycles. The second-order valence-electron chi connectivity index (χ2n) is 11.8. The molecule has 6 atom stereocenters. The molecule has 1 aromatic carbocycles. The van der Waals surface area contributed by atoms with Gasteiger partial charge in [-0.2, -0.15) is 0 Å². The molecule has 46 heavy (non-hydrogen) atoms. The number of nitrogens with one attached hydrogen (secondary N) is 5. The van der Waals surface area contributed by atoms with Crippen LogP contribution in [-0.4, -0.2) is 109 Å². The molecule has 6 N–H and O–H groups in total. The minimum absolute atomic E-state index is 0.0427. The lowest BCUT2D eigenvalue weighted by Gasteiger charge is -2.30. The number of hydrogen-bond acceptors (Lipinski definition) is 8. The van der Waals surface area contributed by atoms with E-state index in [1.807, 2.05) is 30.3 Å². The van der Waals surface area contributed by atoms with Crippen LogP contribution in [0.3, 0.4) is 0 Å². The van der Waals surface area contributed by atoms with E-state index in [1.165, 1.54) is 18.9 Å². The van der Waals surface area contributed by atoms with Crippen LogP contribution in [0.15, 0.2) is 30.3 Å². The fourth-order valence-corrected chi connectivity index (χ4v) is 5.63. The zero-order valence-electron chi connectivity index (χ0n) is 26.9. The van der Waals surface area contributed by atoms with E-state index in [0.717, 1.165) is 5.56 Å². The first-order valence-electron chi connectivity index (χ1n) is 16.0. The van der Waals surface area contributed by atoms with Gasteiger partial charge in [-0.15, -0.1) is 0 Å². The Hall–Kier alpha value is -4.04. The predicted molar refractivity (Wildman–Crippen MR) is 168 cm³/mol. The van der Waals surface area contributed by atoms with Crippen LogP contribution in [0, 0.1) is 0 Å². The van der Waals surface area contributed by atoms with Gasteiger partial charge in [-0.1, -0.05) is 37.3 Å². The third kappa shape index (κ3) is 10.5. The number of carbonyl (C=O) groups excluding carboxylic acids is 6. The topological polar surface area (TPSA) is 195 Å². The summed E-state index contributed by atoms with van der Waals surface area (Å²) in [4.78, 5) is 81.3. The minimum atomic E-state index is -1.45.